The maximum Gasteiger partial charge on any atom is 0.257 e. The molecule has 2 N–H and O–H groups in total. The van der Waals surface area contributed by atoms with Gasteiger partial charge >= 0.3 is 0 Å². The number of nitrogen functional groups attached to an aromatic ring is 1. The number of amides is 1. The third kappa shape index (κ3) is 2.89. The smallest absolute Gasteiger partial charge is 0.257 e. The van der Waals surface area contributed by atoms with Crippen molar-refractivity contribution in [3.05, 3.63) is 23.8 Å². The number of nitrogens with two attached hydrogens (primary N) is 1. The molecule has 0 aromatic heterocycles. The summed E-state index contributed by atoms with van der Waals surface area (Å²) in [5.41, 5.74) is 6.93. The van der Waals surface area contributed by atoms with Gasteiger partial charge in [0.15, 0.2) is 0 Å². The fraction of sp³-hybridized carbons (Fsp3) is 0.562. The highest BCUT2D eigenvalue weighted by Crippen LogP contribution is 2.30. The van der Waals surface area contributed by atoms with Gasteiger partial charge in [0.05, 0.1) is 12.7 Å². The second-order valence-corrected chi connectivity index (χ2v) is 5.70. The summed E-state index contributed by atoms with van der Waals surface area (Å²) < 4.78 is 5.28. The molecule has 1 aromatic carbocycles. The maximum absolute atomic E-state index is 12.7. The molecule has 0 bridgehead atoms. The Kier molecular flexibility index (Phi) is 4.53. The number of carbonyl (C=O) groups excluding carboxylic acids is 1. The maximum atomic E-state index is 12.7. The Morgan fingerprint density at radius 2 is 2.05 bits per heavy atom. The first-order valence-corrected chi connectivity index (χ1v) is 7.25. The van der Waals surface area contributed by atoms with Crippen LogP contribution in [0.15, 0.2) is 18.2 Å². The summed E-state index contributed by atoms with van der Waals surface area (Å²) in [5.74, 6) is 1.11. The van der Waals surface area contributed by atoms with Gasteiger partial charge in [0, 0.05) is 24.8 Å². The van der Waals surface area contributed by atoms with Crippen molar-refractivity contribution in [3.8, 4) is 5.75 Å². The SMILES string of the molecule is COc1cc(N)ccc1C(=O)N(C)C1CCCCC1C. The Labute approximate surface area is 120 Å². The lowest BCUT2D eigenvalue weighted by molar-refractivity contribution is 0.0626. The summed E-state index contributed by atoms with van der Waals surface area (Å²) in [7, 11) is 3.46. The van der Waals surface area contributed by atoms with Crippen LogP contribution in [0, 0.1) is 5.92 Å². The van der Waals surface area contributed by atoms with Crippen molar-refractivity contribution in [1.29, 1.82) is 0 Å². The van der Waals surface area contributed by atoms with Crippen molar-refractivity contribution in [2.45, 2.75) is 38.6 Å². The number of anilines is 1. The van der Waals surface area contributed by atoms with Crippen molar-refractivity contribution in [3.63, 3.8) is 0 Å². The van der Waals surface area contributed by atoms with E-state index in [1.807, 2.05) is 11.9 Å². The van der Waals surface area contributed by atoms with Crippen LogP contribution >= 0.6 is 0 Å². The van der Waals surface area contributed by atoms with Gasteiger partial charge in [-0.1, -0.05) is 19.8 Å². The van der Waals surface area contributed by atoms with E-state index < -0.39 is 0 Å². The van der Waals surface area contributed by atoms with E-state index in [0.717, 1.165) is 6.42 Å². The van der Waals surface area contributed by atoms with Crippen molar-refractivity contribution in [2.24, 2.45) is 5.92 Å². The van der Waals surface area contributed by atoms with Crippen LogP contribution in [-0.2, 0) is 0 Å². The van der Waals surface area contributed by atoms with Gasteiger partial charge in [-0.25, -0.2) is 0 Å². The number of hydrogen-bond acceptors (Lipinski definition) is 3. The second-order valence-electron chi connectivity index (χ2n) is 5.70. The van der Waals surface area contributed by atoms with Crippen LogP contribution in [0.5, 0.6) is 5.75 Å². The monoisotopic (exact) mass is 276 g/mol. The lowest BCUT2D eigenvalue weighted by atomic mass is 9.85. The second kappa shape index (κ2) is 6.16. The molecule has 2 unspecified atom stereocenters. The molecule has 110 valence electrons. The third-order valence-corrected chi connectivity index (χ3v) is 4.34. The van der Waals surface area contributed by atoms with Crippen molar-refractivity contribution in [1.82, 2.24) is 4.90 Å². The third-order valence-electron chi connectivity index (χ3n) is 4.34. The molecule has 0 aliphatic heterocycles. The fourth-order valence-electron chi connectivity index (χ4n) is 3.10. The molecule has 2 rings (SSSR count). The predicted octanol–water partition coefficient (Wildman–Crippen LogP) is 2.93. The molecule has 4 heteroatoms. The van der Waals surface area contributed by atoms with Gasteiger partial charge in [-0.05, 0) is 30.9 Å². The molecule has 1 aromatic rings. The normalized spacial score (nSPS) is 22.4. The summed E-state index contributed by atoms with van der Waals surface area (Å²) in [4.78, 5) is 14.6. The van der Waals surface area contributed by atoms with Gasteiger partial charge in [-0.15, -0.1) is 0 Å². The highest BCUT2D eigenvalue weighted by Gasteiger charge is 2.29. The molecular weight excluding hydrogens is 252 g/mol. The lowest BCUT2D eigenvalue weighted by Gasteiger charge is -2.36. The number of ether oxygens (including phenoxy) is 1. The quantitative estimate of drug-likeness (QED) is 0.864. The minimum Gasteiger partial charge on any atom is -0.496 e. The van der Waals surface area contributed by atoms with Crippen LogP contribution in [0.2, 0.25) is 0 Å². The number of benzene rings is 1. The van der Waals surface area contributed by atoms with E-state index >= 15 is 0 Å². The Hall–Kier alpha value is -1.71. The molecule has 1 fully saturated rings. The summed E-state index contributed by atoms with van der Waals surface area (Å²) in [6.45, 7) is 2.23. The van der Waals surface area contributed by atoms with Crippen molar-refractivity contribution < 1.29 is 9.53 Å². The van der Waals surface area contributed by atoms with E-state index in [9.17, 15) is 4.79 Å². The van der Waals surface area contributed by atoms with Gasteiger partial charge in [-0.3, -0.25) is 4.79 Å². The Morgan fingerprint density at radius 1 is 1.35 bits per heavy atom. The van der Waals surface area contributed by atoms with E-state index in [1.54, 1.807) is 25.3 Å². The van der Waals surface area contributed by atoms with Crippen molar-refractivity contribution in [2.75, 3.05) is 19.9 Å². The molecule has 1 saturated carbocycles. The number of carbonyl (C=O) groups is 1. The van der Waals surface area contributed by atoms with Crippen LogP contribution in [-0.4, -0.2) is 31.0 Å². The minimum atomic E-state index is 0.0144. The summed E-state index contributed by atoms with van der Waals surface area (Å²) in [6, 6.07) is 5.51. The topological polar surface area (TPSA) is 55.6 Å². The summed E-state index contributed by atoms with van der Waals surface area (Å²) in [6.07, 6.45) is 4.75. The zero-order valence-corrected chi connectivity index (χ0v) is 12.6. The van der Waals surface area contributed by atoms with Gasteiger partial charge in [0.25, 0.3) is 5.91 Å². The van der Waals surface area contributed by atoms with E-state index in [4.69, 9.17) is 10.5 Å². The Balaban J connectivity index is 2.22. The number of nitrogens with zero attached hydrogens (tertiary/aromatic N) is 1. The van der Waals surface area contributed by atoms with Gasteiger partial charge in [0.2, 0.25) is 0 Å². The van der Waals surface area contributed by atoms with Gasteiger partial charge in [0.1, 0.15) is 5.75 Å². The average Bonchev–Trinajstić information content (AvgIpc) is 2.46. The molecule has 0 spiro atoms. The van der Waals surface area contributed by atoms with Crippen LogP contribution in [0.3, 0.4) is 0 Å². The summed E-state index contributed by atoms with van der Waals surface area (Å²) in [5, 5.41) is 0. The van der Waals surface area contributed by atoms with Crippen LogP contribution < -0.4 is 10.5 Å². The molecule has 0 radical (unpaired) electrons. The van der Waals surface area contributed by atoms with Crippen molar-refractivity contribution >= 4 is 11.6 Å². The summed E-state index contributed by atoms with van der Waals surface area (Å²) >= 11 is 0. The largest absolute Gasteiger partial charge is 0.496 e. The first-order valence-electron chi connectivity index (χ1n) is 7.25. The average molecular weight is 276 g/mol. The molecule has 4 nitrogen and oxygen atoms in total. The van der Waals surface area contributed by atoms with E-state index in [1.165, 1.54) is 19.3 Å². The molecule has 0 saturated heterocycles. The van der Waals surface area contributed by atoms with Gasteiger partial charge < -0.3 is 15.4 Å². The van der Waals surface area contributed by atoms with Gasteiger partial charge in [-0.2, -0.15) is 0 Å². The Bertz CT molecular complexity index is 487. The van der Waals surface area contributed by atoms with Crippen LogP contribution in [0.25, 0.3) is 0 Å². The minimum absolute atomic E-state index is 0.0144. The molecule has 2 atom stereocenters. The Morgan fingerprint density at radius 3 is 2.70 bits per heavy atom. The number of hydrogen-bond donors (Lipinski definition) is 1. The molecular formula is C16H24N2O2. The lowest BCUT2D eigenvalue weighted by Crippen LogP contribution is -2.42. The molecule has 1 amide bonds. The first kappa shape index (κ1) is 14.7. The number of methoxy groups -OCH3 is 1. The van der Waals surface area contributed by atoms with Crippen LogP contribution in [0.4, 0.5) is 5.69 Å². The van der Waals surface area contributed by atoms with E-state index in [0.29, 0.717) is 29.0 Å². The number of rotatable bonds is 3. The molecule has 20 heavy (non-hydrogen) atoms. The molecule has 1 aliphatic carbocycles. The first-order chi connectivity index (χ1) is 9.54. The molecule has 1 aliphatic rings. The predicted molar refractivity (Wildman–Crippen MR) is 80.9 cm³/mol. The standard InChI is InChI=1S/C16H24N2O2/c1-11-6-4-5-7-14(11)18(2)16(19)13-9-8-12(17)10-15(13)20-3/h8-11,14H,4-7,17H2,1-3H3. The zero-order valence-electron chi connectivity index (χ0n) is 12.6. The van der Waals surface area contributed by atoms with E-state index in [-0.39, 0.29) is 5.91 Å². The zero-order chi connectivity index (χ0) is 14.7. The fourth-order valence-corrected chi connectivity index (χ4v) is 3.10. The highest BCUT2D eigenvalue weighted by molar-refractivity contribution is 5.97. The highest BCUT2D eigenvalue weighted by atomic mass is 16.5. The van der Waals surface area contributed by atoms with E-state index in [2.05, 4.69) is 6.92 Å². The molecule has 0 heterocycles. The van der Waals surface area contributed by atoms with Crippen LogP contribution in [0.1, 0.15) is 43.0 Å².